The molecule has 2 aromatic rings. The van der Waals surface area contributed by atoms with Gasteiger partial charge >= 0.3 is 5.97 Å². The third kappa shape index (κ3) is 2.24. The Morgan fingerprint density at radius 3 is 2.86 bits per heavy atom. The monoisotopic (exact) mass is 289 g/mol. The van der Waals surface area contributed by atoms with Crippen molar-refractivity contribution in [2.45, 2.75) is 52.1 Å². The number of carbonyl (C=O) groups is 1. The minimum Gasteiger partial charge on any atom is -0.480 e. The number of aromatic nitrogens is 3. The number of aryl methyl sites for hydroxylation is 2. The molecule has 6 heteroatoms. The number of nitrogens with zero attached hydrogens (tertiary/aromatic N) is 3. The first-order valence-corrected chi connectivity index (χ1v) is 7.34. The second kappa shape index (κ2) is 5.02. The van der Waals surface area contributed by atoms with Gasteiger partial charge in [-0.3, -0.25) is 9.59 Å². The molecule has 3 heterocycles. The van der Waals surface area contributed by atoms with Crippen molar-refractivity contribution in [2.75, 3.05) is 0 Å². The fourth-order valence-electron chi connectivity index (χ4n) is 3.07. The third-order valence-electron chi connectivity index (χ3n) is 4.02. The topological polar surface area (TPSA) is 77.1 Å². The van der Waals surface area contributed by atoms with Gasteiger partial charge in [0.2, 0.25) is 0 Å². The molecule has 0 fully saturated rings. The zero-order valence-corrected chi connectivity index (χ0v) is 12.3. The molecule has 1 aliphatic heterocycles. The van der Waals surface area contributed by atoms with E-state index in [0.29, 0.717) is 5.39 Å². The van der Waals surface area contributed by atoms with Crippen molar-refractivity contribution in [3.05, 3.63) is 27.8 Å². The van der Waals surface area contributed by atoms with Crippen molar-refractivity contribution in [1.82, 2.24) is 14.3 Å². The first-order valence-electron chi connectivity index (χ1n) is 7.34. The van der Waals surface area contributed by atoms with Gasteiger partial charge in [0.1, 0.15) is 6.54 Å². The normalized spacial score (nSPS) is 14.6. The van der Waals surface area contributed by atoms with Crippen molar-refractivity contribution < 1.29 is 9.90 Å². The van der Waals surface area contributed by atoms with Crippen molar-refractivity contribution in [3.63, 3.8) is 0 Å². The van der Waals surface area contributed by atoms with E-state index in [1.54, 1.807) is 0 Å². The van der Waals surface area contributed by atoms with Crippen LogP contribution in [0, 0.1) is 0 Å². The Morgan fingerprint density at radius 2 is 2.19 bits per heavy atom. The summed E-state index contributed by atoms with van der Waals surface area (Å²) in [5.41, 5.74) is 2.55. The Labute approximate surface area is 122 Å². The maximum atomic E-state index is 12.5. The third-order valence-corrected chi connectivity index (χ3v) is 4.02. The molecule has 0 bridgehead atoms. The minimum atomic E-state index is -1.05. The highest BCUT2D eigenvalue weighted by molar-refractivity contribution is 5.83. The molecule has 0 amide bonds. The van der Waals surface area contributed by atoms with Crippen LogP contribution in [0.4, 0.5) is 0 Å². The van der Waals surface area contributed by atoms with Crippen molar-refractivity contribution in [2.24, 2.45) is 0 Å². The SMILES string of the molecule is CC(C)c1nn(CC(=O)O)c(=O)c2cc3n(c12)CCCC3. The number of carboxylic acids is 1. The second-order valence-electron chi connectivity index (χ2n) is 5.90. The van der Waals surface area contributed by atoms with Gasteiger partial charge in [0.05, 0.1) is 16.6 Å². The molecular weight excluding hydrogens is 270 g/mol. The summed E-state index contributed by atoms with van der Waals surface area (Å²) in [4.78, 5) is 23.4. The number of fused-ring (bicyclic) bond motifs is 3. The van der Waals surface area contributed by atoms with Gasteiger partial charge in [-0.25, -0.2) is 4.68 Å². The summed E-state index contributed by atoms with van der Waals surface area (Å²) in [5, 5.41) is 13.9. The van der Waals surface area contributed by atoms with E-state index in [1.807, 2.05) is 19.9 Å². The Kier molecular flexibility index (Phi) is 3.31. The average Bonchev–Trinajstić information content (AvgIpc) is 2.81. The van der Waals surface area contributed by atoms with Crippen LogP contribution in [0.2, 0.25) is 0 Å². The lowest BCUT2D eigenvalue weighted by molar-refractivity contribution is -0.138. The Bertz CT molecular complexity index is 771. The van der Waals surface area contributed by atoms with E-state index in [0.717, 1.165) is 47.4 Å². The van der Waals surface area contributed by atoms with Crippen LogP contribution in [0.15, 0.2) is 10.9 Å². The maximum Gasteiger partial charge on any atom is 0.325 e. The van der Waals surface area contributed by atoms with E-state index in [1.165, 1.54) is 0 Å². The van der Waals surface area contributed by atoms with Crippen LogP contribution < -0.4 is 5.56 Å². The summed E-state index contributed by atoms with van der Waals surface area (Å²) in [7, 11) is 0. The van der Waals surface area contributed by atoms with E-state index in [9.17, 15) is 9.59 Å². The van der Waals surface area contributed by atoms with Crippen LogP contribution in [0.1, 0.15) is 44.0 Å². The minimum absolute atomic E-state index is 0.133. The van der Waals surface area contributed by atoms with E-state index in [2.05, 4.69) is 9.67 Å². The summed E-state index contributed by atoms with van der Waals surface area (Å²) >= 11 is 0. The van der Waals surface area contributed by atoms with Crippen LogP contribution in [-0.4, -0.2) is 25.4 Å². The van der Waals surface area contributed by atoms with Gasteiger partial charge in [0, 0.05) is 12.2 Å². The lowest BCUT2D eigenvalue weighted by atomic mass is 10.1. The number of aliphatic carboxylic acids is 1. The van der Waals surface area contributed by atoms with Crippen LogP contribution in [-0.2, 0) is 24.3 Å². The molecule has 21 heavy (non-hydrogen) atoms. The highest BCUT2D eigenvalue weighted by atomic mass is 16.4. The summed E-state index contributed by atoms with van der Waals surface area (Å²) < 4.78 is 3.26. The predicted molar refractivity (Wildman–Crippen MR) is 78.7 cm³/mol. The van der Waals surface area contributed by atoms with E-state index in [4.69, 9.17) is 5.11 Å². The smallest absolute Gasteiger partial charge is 0.325 e. The van der Waals surface area contributed by atoms with E-state index < -0.39 is 12.5 Å². The Hall–Kier alpha value is -2.11. The molecule has 0 saturated heterocycles. The van der Waals surface area contributed by atoms with E-state index in [-0.39, 0.29) is 11.5 Å². The van der Waals surface area contributed by atoms with Crippen molar-refractivity contribution >= 4 is 16.9 Å². The summed E-state index contributed by atoms with van der Waals surface area (Å²) in [5.74, 6) is -0.920. The van der Waals surface area contributed by atoms with Gasteiger partial charge < -0.3 is 9.67 Å². The quantitative estimate of drug-likeness (QED) is 0.933. The first-order chi connectivity index (χ1) is 9.99. The van der Waals surface area contributed by atoms with Crippen molar-refractivity contribution in [1.29, 1.82) is 0 Å². The fourth-order valence-corrected chi connectivity index (χ4v) is 3.07. The van der Waals surface area contributed by atoms with Gasteiger partial charge in [-0.15, -0.1) is 0 Å². The van der Waals surface area contributed by atoms with Gasteiger partial charge in [-0.05, 0) is 31.2 Å². The highest BCUT2D eigenvalue weighted by Crippen LogP contribution is 2.28. The average molecular weight is 289 g/mol. The molecule has 0 aliphatic carbocycles. The molecule has 3 rings (SSSR count). The summed E-state index contributed by atoms with van der Waals surface area (Å²) in [6.45, 7) is 4.54. The van der Waals surface area contributed by atoms with Crippen LogP contribution in [0.3, 0.4) is 0 Å². The Balaban J connectivity index is 2.34. The van der Waals surface area contributed by atoms with Gasteiger partial charge in [0.15, 0.2) is 0 Å². The lowest BCUT2D eigenvalue weighted by Gasteiger charge is -2.18. The van der Waals surface area contributed by atoms with Gasteiger partial charge in [-0.1, -0.05) is 13.8 Å². The molecule has 112 valence electrons. The molecule has 6 nitrogen and oxygen atoms in total. The number of carboxylic acid groups (broad SMARTS) is 1. The van der Waals surface area contributed by atoms with Gasteiger partial charge in [0.25, 0.3) is 5.56 Å². The maximum absolute atomic E-state index is 12.5. The molecule has 1 aliphatic rings. The first kappa shape index (κ1) is 13.9. The molecule has 1 N–H and O–H groups in total. The van der Waals surface area contributed by atoms with Crippen LogP contribution >= 0.6 is 0 Å². The molecule has 0 atom stereocenters. The molecule has 0 spiro atoms. The molecule has 0 radical (unpaired) electrons. The number of hydrogen-bond donors (Lipinski definition) is 1. The number of hydrogen-bond acceptors (Lipinski definition) is 3. The van der Waals surface area contributed by atoms with Crippen LogP contribution in [0.25, 0.3) is 10.9 Å². The summed E-state index contributed by atoms with van der Waals surface area (Å²) in [6.07, 6.45) is 3.20. The molecule has 0 unspecified atom stereocenters. The Morgan fingerprint density at radius 1 is 1.43 bits per heavy atom. The summed E-state index contributed by atoms with van der Waals surface area (Å²) in [6, 6.07) is 1.92. The zero-order chi connectivity index (χ0) is 15.1. The predicted octanol–water partition coefficient (Wildman–Crippen LogP) is 1.74. The number of rotatable bonds is 3. The highest BCUT2D eigenvalue weighted by Gasteiger charge is 2.22. The molecular formula is C15H19N3O3. The van der Waals surface area contributed by atoms with E-state index >= 15 is 0 Å². The molecule has 2 aromatic heterocycles. The van der Waals surface area contributed by atoms with Crippen LogP contribution in [0.5, 0.6) is 0 Å². The van der Waals surface area contributed by atoms with Gasteiger partial charge in [-0.2, -0.15) is 5.10 Å². The zero-order valence-electron chi connectivity index (χ0n) is 12.3. The second-order valence-corrected chi connectivity index (χ2v) is 5.90. The standard InChI is InChI=1S/C15H19N3O3/c1-9(2)13-14-11(7-10-5-3-4-6-17(10)14)15(21)18(16-13)8-12(19)20/h7,9H,3-6,8H2,1-2H3,(H,19,20). The molecule has 0 aromatic carbocycles. The fraction of sp³-hybridized carbons (Fsp3) is 0.533. The van der Waals surface area contributed by atoms with Crippen molar-refractivity contribution in [3.8, 4) is 0 Å². The largest absolute Gasteiger partial charge is 0.480 e. The molecule has 0 saturated carbocycles. The lowest BCUT2D eigenvalue weighted by Crippen LogP contribution is -2.28.